The van der Waals surface area contributed by atoms with E-state index in [0.717, 1.165) is 16.8 Å². The summed E-state index contributed by atoms with van der Waals surface area (Å²) >= 11 is 0. The molecule has 4 rings (SSSR count). The van der Waals surface area contributed by atoms with Gasteiger partial charge in [0.1, 0.15) is 12.4 Å². The predicted octanol–water partition coefficient (Wildman–Crippen LogP) is 2.78. The Hall–Kier alpha value is -2.69. The Morgan fingerprint density at radius 3 is 2.90 bits per heavy atom. The van der Waals surface area contributed by atoms with Crippen LogP contribution >= 0.6 is 0 Å². The molecule has 0 radical (unpaired) electrons. The van der Waals surface area contributed by atoms with Crippen LogP contribution in [0.4, 0.5) is 0 Å². The quantitative estimate of drug-likeness (QED) is 0.712. The number of nitrogens with one attached hydrogen (secondary N) is 1. The lowest BCUT2D eigenvalue weighted by Crippen LogP contribution is -2.22. The lowest BCUT2D eigenvalue weighted by molar-refractivity contribution is 0.0859. The van der Waals surface area contributed by atoms with E-state index in [-0.39, 0.29) is 11.9 Å². The fourth-order valence-corrected chi connectivity index (χ4v) is 2.32. The summed E-state index contributed by atoms with van der Waals surface area (Å²) in [6, 6.07) is 12.6. The van der Waals surface area contributed by atoms with E-state index in [1.807, 2.05) is 24.3 Å². The van der Waals surface area contributed by atoms with Crippen LogP contribution in [0.25, 0.3) is 11.0 Å². The van der Waals surface area contributed by atoms with Crippen LogP contribution in [0.1, 0.15) is 11.9 Å². The van der Waals surface area contributed by atoms with Gasteiger partial charge in [-0.05, 0) is 24.3 Å². The highest BCUT2D eigenvalue weighted by molar-refractivity contribution is 5.76. The predicted molar refractivity (Wildman–Crippen MR) is 73.1 cm³/mol. The third-order valence-electron chi connectivity index (χ3n) is 3.30. The van der Waals surface area contributed by atoms with Crippen molar-refractivity contribution < 1.29 is 14.6 Å². The van der Waals surface area contributed by atoms with Crippen molar-refractivity contribution in [3.63, 3.8) is 0 Å². The maximum atomic E-state index is 9.48. The van der Waals surface area contributed by atoms with Crippen LogP contribution in [0.3, 0.4) is 0 Å². The minimum absolute atomic E-state index is 0.207. The highest BCUT2D eigenvalue weighted by Crippen LogP contribution is 2.35. The first-order valence-electron chi connectivity index (χ1n) is 6.37. The Morgan fingerprint density at radius 1 is 1.15 bits per heavy atom. The Morgan fingerprint density at radius 2 is 2.00 bits per heavy atom. The number of aromatic hydroxyl groups is 1. The number of para-hydroxylation sites is 2. The van der Waals surface area contributed by atoms with E-state index >= 15 is 0 Å². The van der Waals surface area contributed by atoms with Crippen molar-refractivity contribution in [1.29, 1.82) is 0 Å². The van der Waals surface area contributed by atoms with Crippen LogP contribution in [-0.4, -0.2) is 21.7 Å². The van der Waals surface area contributed by atoms with E-state index in [1.165, 1.54) is 0 Å². The van der Waals surface area contributed by atoms with E-state index < -0.39 is 0 Å². The molecule has 2 heterocycles. The van der Waals surface area contributed by atoms with Crippen LogP contribution < -0.4 is 9.47 Å². The summed E-state index contributed by atoms with van der Waals surface area (Å²) in [5.41, 5.74) is 1.57. The molecule has 0 aliphatic carbocycles. The number of ether oxygens (including phenoxy) is 2. The maximum Gasteiger partial charge on any atom is 0.190 e. The molecule has 0 fully saturated rings. The first-order chi connectivity index (χ1) is 9.79. The molecule has 1 aromatic heterocycles. The molecular formula is C15H12N2O3. The van der Waals surface area contributed by atoms with Gasteiger partial charge < -0.3 is 19.6 Å². The van der Waals surface area contributed by atoms with Crippen molar-refractivity contribution in [2.45, 2.75) is 6.10 Å². The molecule has 1 atom stereocenters. The number of aromatic nitrogens is 2. The Balaban J connectivity index is 1.70. The summed E-state index contributed by atoms with van der Waals surface area (Å²) in [6.45, 7) is 0.406. The van der Waals surface area contributed by atoms with Gasteiger partial charge in [-0.15, -0.1) is 0 Å². The number of fused-ring (bicyclic) bond motifs is 2. The third kappa shape index (κ3) is 1.75. The van der Waals surface area contributed by atoms with Crippen molar-refractivity contribution >= 4 is 11.0 Å². The molecule has 3 aromatic rings. The molecule has 1 unspecified atom stereocenters. The number of imidazole rings is 1. The molecule has 0 saturated heterocycles. The number of phenolic OH excluding ortho intramolecular Hbond substituents is 1. The van der Waals surface area contributed by atoms with Gasteiger partial charge in [0.2, 0.25) is 0 Å². The number of benzene rings is 2. The molecule has 2 aromatic carbocycles. The molecule has 0 bridgehead atoms. The molecule has 0 saturated carbocycles. The Labute approximate surface area is 114 Å². The second kappa shape index (κ2) is 4.16. The molecular weight excluding hydrogens is 256 g/mol. The highest BCUT2D eigenvalue weighted by Gasteiger charge is 2.24. The molecule has 1 aliphatic rings. The summed E-state index contributed by atoms with van der Waals surface area (Å²) in [6.07, 6.45) is -0.278. The number of aromatic amines is 1. The van der Waals surface area contributed by atoms with Crippen LogP contribution in [-0.2, 0) is 0 Å². The summed E-state index contributed by atoms with van der Waals surface area (Å²) in [5, 5.41) is 9.48. The van der Waals surface area contributed by atoms with Crippen molar-refractivity contribution in [1.82, 2.24) is 9.97 Å². The van der Waals surface area contributed by atoms with Gasteiger partial charge in [-0.2, -0.15) is 0 Å². The highest BCUT2D eigenvalue weighted by atomic mass is 16.6. The number of phenols is 1. The molecule has 5 heteroatoms. The van der Waals surface area contributed by atoms with Gasteiger partial charge >= 0.3 is 0 Å². The second-order valence-corrected chi connectivity index (χ2v) is 4.69. The number of hydrogen-bond donors (Lipinski definition) is 2. The minimum Gasteiger partial charge on any atom is -0.508 e. The number of hydrogen-bond acceptors (Lipinski definition) is 4. The number of H-pyrrole nitrogens is 1. The smallest absolute Gasteiger partial charge is 0.190 e. The van der Waals surface area contributed by atoms with E-state index in [1.54, 1.807) is 18.2 Å². The Bertz CT molecular complexity index is 782. The molecule has 0 spiro atoms. The molecule has 0 amide bonds. The van der Waals surface area contributed by atoms with Gasteiger partial charge in [0.15, 0.2) is 23.4 Å². The molecule has 5 nitrogen and oxygen atoms in total. The van der Waals surface area contributed by atoms with Crippen molar-refractivity contribution in [3.05, 3.63) is 48.3 Å². The largest absolute Gasteiger partial charge is 0.508 e. The fraction of sp³-hybridized carbons (Fsp3) is 0.133. The topological polar surface area (TPSA) is 67.4 Å². The normalized spacial score (nSPS) is 17.3. The van der Waals surface area contributed by atoms with Crippen LogP contribution in [0, 0.1) is 0 Å². The van der Waals surface area contributed by atoms with Gasteiger partial charge in [-0.3, -0.25) is 0 Å². The molecule has 2 N–H and O–H groups in total. The van der Waals surface area contributed by atoms with Gasteiger partial charge in [0.25, 0.3) is 0 Å². The van der Waals surface area contributed by atoms with Gasteiger partial charge in [-0.1, -0.05) is 12.1 Å². The Kier molecular flexibility index (Phi) is 2.32. The maximum absolute atomic E-state index is 9.48. The molecule has 20 heavy (non-hydrogen) atoms. The third-order valence-corrected chi connectivity index (χ3v) is 3.30. The van der Waals surface area contributed by atoms with Gasteiger partial charge in [0.05, 0.1) is 11.0 Å². The summed E-state index contributed by atoms with van der Waals surface area (Å²) in [7, 11) is 0. The first-order valence-corrected chi connectivity index (χ1v) is 6.37. The summed E-state index contributed by atoms with van der Waals surface area (Å²) in [5.74, 6) is 2.36. The van der Waals surface area contributed by atoms with Crippen LogP contribution in [0.2, 0.25) is 0 Å². The zero-order valence-corrected chi connectivity index (χ0v) is 10.5. The SMILES string of the molecule is Oc1ccc2nc(C3COc4ccccc4O3)[nH]c2c1. The van der Waals surface area contributed by atoms with Crippen LogP contribution in [0.15, 0.2) is 42.5 Å². The van der Waals surface area contributed by atoms with Crippen LogP contribution in [0.5, 0.6) is 17.2 Å². The lowest BCUT2D eigenvalue weighted by atomic mass is 10.2. The second-order valence-electron chi connectivity index (χ2n) is 4.69. The van der Waals surface area contributed by atoms with E-state index in [9.17, 15) is 5.11 Å². The van der Waals surface area contributed by atoms with Crippen molar-refractivity contribution in [2.75, 3.05) is 6.61 Å². The summed E-state index contributed by atoms with van der Waals surface area (Å²) in [4.78, 5) is 7.64. The first kappa shape index (κ1) is 11.2. The lowest BCUT2D eigenvalue weighted by Gasteiger charge is -2.24. The average Bonchev–Trinajstić information content (AvgIpc) is 2.89. The molecule has 100 valence electrons. The standard InChI is InChI=1S/C15H12N2O3/c18-9-5-6-10-11(7-9)17-15(16-10)14-8-19-12-3-1-2-4-13(12)20-14/h1-7,14,18H,8H2,(H,16,17). The van der Waals surface area contributed by atoms with Gasteiger partial charge in [-0.25, -0.2) is 4.98 Å². The average molecular weight is 268 g/mol. The number of nitrogens with zero attached hydrogens (tertiary/aromatic N) is 1. The zero-order valence-electron chi connectivity index (χ0n) is 10.5. The van der Waals surface area contributed by atoms with E-state index in [2.05, 4.69) is 9.97 Å². The minimum atomic E-state index is -0.278. The monoisotopic (exact) mass is 268 g/mol. The summed E-state index contributed by atoms with van der Waals surface area (Å²) < 4.78 is 11.6. The molecule has 1 aliphatic heterocycles. The fourth-order valence-electron chi connectivity index (χ4n) is 2.32. The number of rotatable bonds is 1. The van der Waals surface area contributed by atoms with Crippen molar-refractivity contribution in [3.8, 4) is 17.2 Å². The zero-order chi connectivity index (χ0) is 13.5. The van der Waals surface area contributed by atoms with E-state index in [0.29, 0.717) is 18.2 Å². The van der Waals surface area contributed by atoms with Gasteiger partial charge in [0, 0.05) is 6.07 Å². The van der Waals surface area contributed by atoms with E-state index in [4.69, 9.17) is 9.47 Å². The van der Waals surface area contributed by atoms with Crippen molar-refractivity contribution in [2.24, 2.45) is 0 Å².